The van der Waals surface area contributed by atoms with Crippen LogP contribution in [0, 0.1) is 5.92 Å². The molecule has 1 aromatic rings. The molecule has 1 fully saturated rings. The van der Waals surface area contributed by atoms with Gasteiger partial charge in [-0.2, -0.15) is 4.98 Å². The predicted molar refractivity (Wildman–Crippen MR) is 69.8 cm³/mol. The Morgan fingerprint density at radius 3 is 2.94 bits per heavy atom. The van der Waals surface area contributed by atoms with Crippen LogP contribution in [0.15, 0.2) is 10.7 Å². The van der Waals surface area contributed by atoms with Crippen molar-refractivity contribution in [1.29, 1.82) is 0 Å². The molecule has 1 aromatic heterocycles. The summed E-state index contributed by atoms with van der Waals surface area (Å²) in [4.78, 5) is 8.03. The van der Waals surface area contributed by atoms with Gasteiger partial charge in [0, 0.05) is 12.7 Å². The Bertz CT molecular complexity index is 353. The van der Waals surface area contributed by atoms with E-state index in [0.717, 1.165) is 22.8 Å². The van der Waals surface area contributed by atoms with E-state index in [9.17, 15) is 0 Å². The molecule has 2 rings (SSSR count). The molecule has 3 nitrogen and oxygen atoms in total. The second-order valence-corrected chi connectivity index (χ2v) is 5.39. The Kier molecular flexibility index (Phi) is 4.41. The summed E-state index contributed by atoms with van der Waals surface area (Å²) in [5.41, 5.74) is 0. The highest BCUT2D eigenvalue weighted by molar-refractivity contribution is 9.10. The summed E-state index contributed by atoms with van der Waals surface area (Å²) in [6, 6.07) is 0. The van der Waals surface area contributed by atoms with Crippen molar-refractivity contribution < 1.29 is 0 Å². The van der Waals surface area contributed by atoms with E-state index in [0.29, 0.717) is 0 Å². The Morgan fingerprint density at radius 1 is 1.44 bits per heavy atom. The molecule has 0 atom stereocenters. The summed E-state index contributed by atoms with van der Waals surface area (Å²) in [7, 11) is 0. The molecule has 5 heteroatoms. The van der Waals surface area contributed by atoms with E-state index in [4.69, 9.17) is 11.6 Å². The van der Waals surface area contributed by atoms with Gasteiger partial charge in [0.25, 0.3) is 0 Å². The van der Waals surface area contributed by atoms with Crippen LogP contribution in [0.25, 0.3) is 0 Å². The maximum atomic E-state index is 5.74. The molecule has 0 amide bonds. The standard InChI is InChI=1S/C11H15BrClN3/c12-9-7-15-11(13)16-10(9)14-6-5-8-3-1-2-4-8/h7-8H,1-6H2,(H,14,15,16). The summed E-state index contributed by atoms with van der Waals surface area (Å²) in [5, 5.41) is 3.58. The third-order valence-electron chi connectivity index (χ3n) is 3.03. The second-order valence-electron chi connectivity index (χ2n) is 4.20. The van der Waals surface area contributed by atoms with Gasteiger partial charge in [0.2, 0.25) is 5.28 Å². The monoisotopic (exact) mass is 303 g/mol. The van der Waals surface area contributed by atoms with Gasteiger partial charge < -0.3 is 5.32 Å². The highest BCUT2D eigenvalue weighted by Gasteiger charge is 2.14. The summed E-state index contributed by atoms with van der Waals surface area (Å²) < 4.78 is 0.864. The van der Waals surface area contributed by atoms with Crippen LogP contribution in [0.4, 0.5) is 5.82 Å². The zero-order valence-corrected chi connectivity index (χ0v) is 11.4. The molecule has 1 heterocycles. The summed E-state index contributed by atoms with van der Waals surface area (Å²) in [6.45, 7) is 0.955. The molecule has 0 spiro atoms. The van der Waals surface area contributed by atoms with Crippen LogP contribution in [0.5, 0.6) is 0 Å². The first kappa shape index (κ1) is 12.1. The number of halogens is 2. The van der Waals surface area contributed by atoms with Crippen LogP contribution in [-0.2, 0) is 0 Å². The van der Waals surface area contributed by atoms with Crippen molar-refractivity contribution >= 4 is 33.3 Å². The molecule has 88 valence electrons. The van der Waals surface area contributed by atoms with E-state index < -0.39 is 0 Å². The Hall–Kier alpha value is -0.350. The number of hydrogen-bond acceptors (Lipinski definition) is 3. The predicted octanol–water partition coefficient (Wildman–Crippen LogP) is 3.88. The van der Waals surface area contributed by atoms with Crippen molar-refractivity contribution in [2.75, 3.05) is 11.9 Å². The van der Waals surface area contributed by atoms with Gasteiger partial charge in [-0.05, 0) is 39.9 Å². The van der Waals surface area contributed by atoms with Crippen LogP contribution >= 0.6 is 27.5 Å². The largest absolute Gasteiger partial charge is 0.369 e. The first-order chi connectivity index (χ1) is 7.75. The van der Waals surface area contributed by atoms with Crippen molar-refractivity contribution in [3.63, 3.8) is 0 Å². The minimum Gasteiger partial charge on any atom is -0.369 e. The number of anilines is 1. The Labute approximate surface area is 109 Å². The quantitative estimate of drug-likeness (QED) is 0.858. The van der Waals surface area contributed by atoms with Crippen LogP contribution in [0.2, 0.25) is 5.28 Å². The number of nitrogens with zero attached hydrogens (tertiary/aromatic N) is 2. The summed E-state index contributed by atoms with van der Waals surface area (Å²) in [6.07, 6.45) is 8.45. The van der Waals surface area contributed by atoms with Gasteiger partial charge in [0.15, 0.2) is 0 Å². The molecule has 0 aliphatic heterocycles. The van der Waals surface area contributed by atoms with Gasteiger partial charge in [-0.1, -0.05) is 25.7 Å². The number of nitrogens with one attached hydrogen (secondary N) is 1. The maximum Gasteiger partial charge on any atom is 0.224 e. The van der Waals surface area contributed by atoms with E-state index in [1.165, 1.54) is 32.1 Å². The Morgan fingerprint density at radius 2 is 2.19 bits per heavy atom. The third kappa shape index (κ3) is 3.32. The zero-order chi connectivity index (χ0) is 11.4. The number of rotatable bonds is 4. The lowest BCUT2D eigenvalue weighted by Crippen LogP contribution is -2.08. The fourth-order valence-corrected chi connectivity index (χ4v) is 2.63. The van der Waals surface area contributed by atoms with E-state index in [-0.39, 0.29) is 5.28 Å². The molecule has 1 aliphatic rings. The fourth-order valence-electron chi connectivity index (χ4n) is 2.16. The molecule has 1 N–H and O–H groups in total. The molecular weight excluding hydrogens is 289 g/mol. The first-order valence-corrected chi connectivity index (χ1v) is 6.84. The van der Waals surface area contributed by atoms with E-state index in [1.54, 1.807) is 6.20 Å². The van der Waals surface area contributed by atoms with Crippen molar-refractivity contribution in [2.45, 2.75) is 32.1 Å². The minimum atomic E-state index is 0.284. The van der Waals surface area contributed by atoms with Crippen LogP contribution < -0.4 is 5.32 Å². The molecule has 1 saturated carbocycles. The number of hydrogen-bond donors (Lipinski definition) is 1. The van der Waals surface area contributed by atoms with Gasteiger partial charge in [-0.3, -0.25) is 0 Å². The summed E-state index contributed by atoms with van der Waals surface area (Å²) in [5.74, 6) is 1.68. The van der Waals surface area contributed by atoms with Gasteiger partial charge in [0.1, 0.15) is 5.82 Å². The highest BCUT2D eigenvalue weighted by atomic mass is 79.9. The topological polar surface area (TPSA) is 37.8 Å². The van der Waals surface area contributed by atoms with Crippen molar-refractivity contribution in [3.05, 3.63) is 16.0 Å². The average Bonchev–Trinajstić information content (AvgIpc) is 2.76. The van der Waals surface area contributed by atoms with Crippen molar-refractivity contribution in [2.24, 2.45) is 5.92 Å². The second kappa shape index (κ2) is 5.82. The van der Waals surface area contributed by atoms with E-state index >= 15 is 0 Å². The SMILES string of the molecule is Clc1ncc(Br)c(NCCC2CCCC2)n1. The van der Waals surface area contributed by atoms with Gasteiger partial charge in [0.05, 0.1) is 4.47 Å². The molecule has 0 aromatic carbocycles. The van der Waals surface area contributed by atoms with Crippen LogP contribution in [-0.4, -0.2) is 16.5 Å². The van der Waals surface area contributed by atoms with Gasteiger partial charge in [-0.15, -0.1) is 0 Å². The smallest absolute Gasteiger partial charge is 0.224 e. The molecule has 0 radical (unpaired) electrons. The van der Waals surface area contributed by atoms with E-state index in [2.05, 4.69) is 31.2 Å². The molecule has 16 heavy (non-hydrogen) atoms. The molecule has 0 unspecified atom stereocenters. The summed E-state index contributed by atoms with van der Waals surface area (Å²) >= 11 is 9.14. The van der Waals surface area contributed by atoms with E-state index in [1.807, 2.05) is 0 Å². The minimum absolute atomic E-state index is 0.284. The van der Waals surface area contributed by atoms with Crippen molar-refractivity contribution in [3.8, 4) is 0 Å². The lowest BCUT2D eigenvalue weighted by atomic mass is 10.0. The highest BCUT2D eigenvalue weighted by Crippen LogP contribution is 2.27. The normalized spacial score (nSPS) is 16.6. The average molecular weight is 305 g/mol. The van der Waals surface area contributed by atoms with Crippen molar-refractivity contribution in [1.82, 2.24) is 9.97 Å². The lowest BCUT2D eigenvalue weighted by Gasteiger charge is -2.11. The molecule has 1 aliphatic carbocycles. The fraction of sp³-hybridized carbons (Fsp3) is 0.636. The van der Waals surface area contributed by atoms with Gasteiger partial charge in [-0.25, -0.2) is 4.98 Å². The maximum absolute atomic E-state index is 5.74. The van der Waals surface area contributed by atoms with Crippen LogP contribution in [0.1, 0.15) is 32.1 Å². The Balaban J connectivity index is 1.82. The third-order valence-corrected chi connectivity index (χ3v) is 3.80. The lowest BCUT2D eigenvalue weighted by molar-refractivity contribution is 0.518. The van der Waals surface area contributed by atoms with Gasteiger partial charge >= 0.3 is 0 Å². The molecule has 0 bridgehead atoms. The first-order valence-electron chi connectivity index (χ1n) is 5.67. The zero-order valence-electron chi connectivity index (χ0n) is 9.05. The molecule has 0 saturated heterocycles. The molecular formula is C11H15BrClN3. The number of aromatic nitrogens is 2. The van der Waals surface area contributed by atoms with Crippen LogP contribution in [0.3, 0.4) is 0 Å².